The highest BCUT2D eigenvalue weighted by Crippen LogP contribution is 2.46. The first-order chi connectivity index (χ1) is 13.9. The maximum atomic E-state index is 12.7. The van der Waals surface area contributed by atoms with Crippen molar-refractivity contribution in [1.29, 1.82) is 0 Å². The molecule has 2 amide bonds. The Kier molecular flexibility index (Phi) is 5.84. The quantitative estimate of drug-likeness (QED) is 0.683. The van der Waals surface area contributed by atoms with Crippen molar-refractivity contribution in [2.24, 2.45) is 5.73 Å². The van der Waals surface area contributed by atoms with Crippen LogP contribution >= 0.6 is 0 Å². The summed E-state index contributed by atoms with van der Waals surface area (Å²) in [6.07, 6.45) is -0.802. The number of benzene rings is 2. The molecule has 29 heavy (non-hydrogen) atoms. The lowest BCUT2D eigenvalue weighted by Gasteiger charge is -2.34. The first kappa shape index (κ1) is 20.3. The smallest absolute Gasteiger partial charge is 0.411 e. The topological polar surface area (TPSA) is 122 Å². The van der Waals surface area contributed by atoms with Crippen LogP contribution in [0.1, 0.15) is 24.1 Å². The summed E-state index contributed by atoms with van der Waals surface area (Å²) in [4.78, 5) is 37.9. The van der Waals surface area contributed by atoms with Crippen LogP contribution in [-0.4, -0.2) is 53.7 Å². The van der Waals surface area contributed by atoms with Crippen molar-refractivity contribution < 1.29 is 24.2 Å². The fourth-order valence-electron chi connectivity index (χ4n) is 3.61. The average Bonchev–Trinajstić information content (AvgIpc) is 3.04. The van der Waals surface area contributed by atoms with Gasteiger partial charge in [0.25, 0.3) is 0 Å². The lowest BCUT2D eigenvalue weighted by Crippen LogP contribution is -2.53. The Morgan fingerprint density at radius 3 is 2.07 bits per heavy atom. The number of carboxylic acid groups (broad SMARTS) is 1. The summed E-state index contributed by atoms with van der Waals surface area (Å²) in [7, 11) is 1.20. The van der Waals surface area contributed by atoms with Crippen molar-refractivity contribution in [3.8, 4) is 11.1 Å². The van der Waals surface area contributed by atoms with Gasteiger partial charge in [0, 0.05) is 6.54 Å². The van der Waals surface area contributed by atoms with Gasteiger partial charge in [0.15, 0.2) is 6.04 Å². The molecule has 8 heteroatoms. The Labute approximate surface area is 168 Å². The number of rotatable bonds is 6. The van der Waals surface area contributed by atoms with Crippen LogP contribution in [0.25, 0.3) is 11.1 Å². The summed E-state index contributed by atoms with van der Waals surface area (Å²) in [5.41, 5.74) is 8.98. The second-order valence-corrected chi connectivity index (χ2v) is 6.84. The van der Waals surface area contributed by atoms with Crippen LogP contribution in [0.2, 0.25) is 0 Å². The fraction of sp³-hybridized carbons (Fsp3) is 0.286. The third kappa shape index (κ3) is 3.79. The summed E-state index contributed by atoms with van der Waals surface area (Å²) in [6.45, 7) is 1.19. The molecule has 2 aromatic carbocycles. The molecule has 0 fully saturated rings. The first-order valence-corrected chi connectivity index (χ1v) is 9.17. The number of hydrogen-bond acceptors (Lipinski definition) is 5. The van der Waals surface area contributed by atoms with Gasteiger partial charge in [-0.25, -0.2) is 9.59 Å². The number of carbonyl (C=O) groups is 3. The van der Waals surface area contributed by atoms with E-state index in [9.17, 15) is 19.5 Å². The molecule has 0 heterocycles. The molecule has 1 aliphatic rings. The number of amides is 2. The summed E-state index contributed by atoms with van der Waals surface area (Å²) in [6, 6.07) is 12.2. The van der Waals surface area contributed by atoms with E-state index in [-0.39, 0.29) is 6.54 Å². The van der Waals surface area contributed by atoms with Crippen molar-refractivity contribution in [2.45, 2.75) is 25.0 Å². The van der Waals surface area contributed by atoms with Crippen molar-refractivity contribution in [3.63, 3.8) is 0 Å². The maximum Gasteiger partial charge on any atom is 0.411 e. The lowest BCUT2D eigenvalue weighted by atomic mass is 10.0. The minimum absolute atomic E-state index is 0.300. The van der Waals surface area contributed by atoms with Gasteiger partial charge in [-0.15, -0.1) is 0 Å². The molecule has 0 bridgehead atoms. The summed E-state index contributed by atoms with van der Waals surface area (Å²) < 4.78 is 4.93. The predicted molar refractivity (Wildman–Crippen MR) is 106 cm³/mol. The zero-order valence-corrected chi connectivity index (χ0v) is 16.2. The third-order valence-corrected chi connectivity index (χ3v) is 4.97. The molecule has 0 unspecified atom stereocenters. The monoisotopic (exact) mass is 397 g/mol. The van der Waals surface area contributed by atoms with Gasteiger partial charge in [-0.3, -0.25) is 9.69 Å². The molecule has 152 valence electrons. The van der Waals surface area contributed by atoms with E-state index in [2.05, 4.69) is 5.32 Å². The Hall–Kier alpha value is -3.39. The van der Waals surface area contributed by atoms with Crippen LogP contribution < -0.4 is 11.1 Å². The maximum absolute atomic E-state index is 12.7. The third-order valence-electron chi connectivity index (χ3n) is 4.97. The normalized spacial score (nSPS) is 14.3. The van der Waals surface area contributed by atoms with Crippen molar-refractivity contribution >= 4 is 18.0 Å². The number of nitrogens with two attached hydrogens (primary N) is 1. The highest BCUT2D eigenvalue weighted by molar-refractivity contribution is 5.86. The highest BCUT2D eigenvalue weighted by Gasteiger charge is 2.42. The zero-order chi connectivity index (χ0) is 21.1. The van der Waals surface area contributed by atoms with E-state index in [1.807, 2.05) is 48.5 Å². The minimum atomic E-state index is -1.35. The Morgan fingerprint density at radius 2 is 1.62 bits per heavy atom. The van der Waals surface area contributed by atoms with E-state index < -0.39 is 36.1 Å². The standard InChI is InChI=1S/C21H23N3O5/c1-12(22)19(25)23-11-17(20(26)27)24(21(28)29-2)18-15-9-5-3-7-13(15)14-8-4-6-10-16(14)18/h3-10,12,17-18H,11,22H2,1-2H3,(H,23,25)(H,26,27)/t12-,17+/m1/s1. The summed E-state index contributed by atoms with van der Waals surface area (Å²) in [5, 5.41) is 12.4. The van der Waals surface area contributed by atoms with Gasteiger partial charge in [-0.05, 0) is 29.2 Å². The van der Waals surface area contributed by atoms with E-state index in [4.69, 9.17) is 10.5 Å². The minimum Gasteiger partial charge on any atom is -0.480 e. The second-order valence-electron chi connectivity index (χ2n) is 6.84. The van der Waals surface area contributed by atoms with Gasteiger partial charge in [-0.2, -0.15) is 0 Å². The van der Waals surface area contributed by atoms with Crippen molar-refractivity contribution in [2.75, 3.05) is 13.7 Å². The van der Waals surface area contributed by atoms with Crippen LogP contribution in [0.3, 0.4) is 0 Å². The van der Waals surface area contributed by atoms with E-state index >= 15 is 0 Å². The number of hydrogen-bond donors (Lipinski definition) is 3. The Bertz CT molecular complexity index is 898. The van der Waals surface area contributed by atoms with Crippen molar-refractivity contribution in [3.05, 3.63) is 59.7 Å². The molecule has 8 nitrogen and oxygen atoms in total. The highest BCUT2D eigenvalue weighted by atomic mass is 16.5. The van der Waals surface area contributed by atoms with Crippen LogP contribution in [0, 0.1) is 0 Å². The van der Waals surface area contributed by atoms with E-state index in [0.29, 0.717) is 0 Å². The molecule has 0 aromatic heterocycles. The molecular formula is C21H23N3O5. The average molecular weight is 397 g/mol. The summed E-state index contributed by atoms with van der Waals surface area (Å²) >= 11 is 0. The number of nitrogens with zero attached hydrogens (tertiary/aromatic N) is 1. The fourth-order valence-corrected chi connectivity index (χ4v) is 3.61. The van der Waals surface area contributed by atoms with Gasteiger partial charge in [0.1, 0.15) is 0 Å². The molecule has 1 aliphatic carbocycles. The number of methoxy groups -OCH3 is 1. The largest absolute Gasteiger partial charge is 0.480 e. The molecular weight excluding hydrogens is 374 g/mol. The van der Waals surface area contributed by atoms with Crippen LogP contribution in [-0.2, 0) is 14.3 Å². The van der Waals surface area contributed by atoms with Crippen LogP contribution in [0.4, 0.5) is 4.79 Å². The molecule has 0 saturated carbocycles. The number of nitrogens with one attached hydrogen (secondary N) is 1. The molecule has 0 saturated heterocycles. The predicted octanol–water partition coefficient (Wildman–Crippen LogP) is 1.74. The van der Waals surface area contributed by atoms with Crippen LogP contribution in [0.5, 0.6) is 0 Å². The molecule has 0 radical (unpaired) electrons. The van der Waals surface area contributed by atoms with Gasteiger partial charge >= 0.3 is 12.1 Å². The van der Waals surface area contributed by atoms with Crippen molar-refractivity contribution in [1.82, 2.24) is 10.2 Å². The van der Waals surface area contributed by atoms with Gasteiger partial charge < -0.3 is 20.9 Å². The van der Waals surface area contributed by atoms with Gasteiger partial charge in [-0.1, -0.05) is 48.5 Å². The Morgan fingerprint density at radius 1 is 1.10 bits per heavy atom. The van der Waals surface area contributed by atoms with Crippen LogP contribution in [0.15, 0.2) is 48.5 Å². The number of carbonyl (C=O) groups excluding carboxylic acids is 2. The number of carboxylic acids is 1. The first-order valence-electron chi connectivity index (χ1n) is 9.17. The molecule has 2 aromatic rings. The Balaban J connectivity index is 2.07. The SMILES string of the molecule is COC(=O)N(C1c2ccccc2-c2ccccc21)[C@@H](CNC(=O)[C@@H](C)N)C(=O)O. The number of ether oxygens (including phenoxy) is 1. The van der Waals surface area contributed by atoms with E-state index in [0.717, 1.165) is 27.2 Å². The molecule has 4 N–H and O–H groups in total. The van der Waals surface area contributed by atoms with E-state index in [1.54, 1.807) is 0 Å². The second kappa shape index (κ2) is 8.32. The van der Waals surface area contributed by atoms with Gasteiger partial charge in [0.2, 0.25) is 5.91 Å². The number of fused-ring (bicyclic) bond motifs is 3. The molecule has 2 atom stereocenters. The zero-order valence-electron chi connectivity index (χ0n) is 16.2. The van der Waals surface area contributed by atoms with E-state index in [1.165, 1.54) is 14.0 Å². The lowest BCUT2D eigenvalue weighted by molar-refractivity contribution is -0.143. The van der Waals surface area contributed by atoms with Gasteiger partial charge in [0.05, 0.1) is 19.2 Å². The summed E-state index contributed by atoms with van der Waals surface area (Å²) in [5.74, 6) is -1.77. The molecule has 0 aliphatic heterocycles. The molecule has 3 rings (SSSR count). The molecule has 0 spiro atoms. The number of aliphatic carboxylic acids is 1.